The van der Waals surface area contributed by atoms with Crippen LogP contribution in [0.5, 0.6) is 5.75 Å². The van der Waals surface area contributed by atoms with E-state index < -0.39 is 29.7 Å². The number of hydrogen-bond acceptors (Lipinski definition) is 8. The van der Waals surface area contributed by atoms with Gasteiger partial charge in [-0.25, -0.2) is 33.0 Å². The molecule has 0 aromatic carbocycles. The number of rotatable bonds is 5. The molecule has 36 heavy (non-hydrogen) atoms. The van der Waals surface area contributed by atoms with E-state index >= 15 is 0 Å². The monoisotopic (exact) mass is 501 g/mol. The Labute approximate surface area is 207 Å². The van der Waals surface area contributed by atoms with Gasteiger partial charge < -0.3 is 19.7 Å². The van der Waals surface area contributed by atoms with E-state index in [0.29, 0.717) is 23.0 Å². The Morgan fingerprint density at radius 3 is 2.67 bits per heavy atom. The smallest absolute Gasteiger partial charge is 0.410 e. The number of carbonyl (C=O) groups is 1. The van der Waals surface area contributed by atoms with Crippen molar-refractivity contribution in [3.63, 3.8) is 0 Å². The molecular weight excluding hydrogens is 472 g/mol. The predicted octanol–water partition coefficient (Wildman–Crippen LogP) is 3.97. The van der Waals surface area contributed by atoms with Crippen LogP contribution in [0.25, 0.3) is 17.0 Å². The van der Waals surface area contributed by atoms with Gasteiger partial charge in [-0.1, -0.05) is 0 Å². The molecule has 1 N–H and O–H groups in total. The van der Waals surface area contributed by atoms with Gasteiger partial charge in [-0.3, -0.25) is 0 Å². The van der Waals surface area contributed by atoms with Crippen LogP contribution in [-0.4, -0.2) is 73.6 Å². The Morgan fingerprint density at radius 1 is 1.19 bits per heavy atom. The molecular formula is C24H29F2N7O3. The molecule has 5 rings (SSSR count). The third-order valence-corrected chi connectivity index (χ3v) is 6.15. The first-order chi connectivity index (χ1) is 17.1. The molecule has 2 atom stereocenters. The first-order valence-corrected chi connectivity index (χ1v) is 12.0. The summed E-state index contributed by atoms with van der Waals surface area (Å²) >= 11 is 0. The summed E-state index contributed by atoms with van der Waals surface area (Å²) in [6, 6.07) is 0.985. The minimum Gasteiger partial charge on any atom is -0.495 e. The number of piperidine rings is 1. The number of nitrogens with one attached hydrogen (secondary N) is 1. The molecule has 0 unspecified atom stereocenters. The number of fused-ring (bicyclic) bond motifs is 1. The van der Waals surface area contributed by atoms with Gasteiger partial charge in [-0.2, -0.15) is 5.10 Å². The molecule has 1 amide bonds. The lowest BCUT2D eigenvalue weighted by Crippen LogP contribution is -2.52. The molecule has 1 aliphatic heterocycles. The molecule has 1 saturated carbocycles. The second-order valence-electron chi connectivity index (χ2n) is 10.2. The maximum absolute atomic E-state index is 14.9. The average Bonchev–Trinajstić information content (AvgIpc) is 3.59. The second-order valence-corrected chi connectivity index (χ2v) is 10.2. The zero-order chi connectivity index (χ0) is 25.6. The number of anilines is 1. The summed E-state index contributed by atoms with van der Waals surface area (Å²) in [5.41, 5.74) is 0.945. The lowest BCUT2D eigenvalue weighted by molar-refractivity contribution is 0.0150. The minimum absolute atomic E-state index is 0.0189. The van der Waals surface area contributed by atoms with Crippen LogP contribution < -0.4 is 10.1 Å². The molecule has 0 spiro atoms. The van der Waals surface area contributed by atoms with Gasteiger partial charge in [0.25, 0.3) is 0 Å². The number of nitrogens with zero attached hydrogens (tertiary/aromatic N) is 6. The molecule has 3 aromatic heterocycles. The van der Waals surface area contributed by atoms with Crippen molar-refractivity contribution in [3.8, 4) is 17.1 Å². The highest BCUT2D eigenvalue weighted by atomic mass is 19.1. The van der Waals surface area contributed by atoms with Crippen LogP contribution in [0.3, 0.4) is 0 Å². The van der Waals surface area contributed by atoms with Crippen LogP contribution in [0, 0.1) is 5.82 Å². The number of amides is 1. The number of carbonyl (C=O) groups excluding carboxylic acids is 1. The topological polar surface area (TPSA) is 107 Å². The highest BCUT2D eigenvalue weighted by molar-refractivity contribution is 5.68. The maximum atomic E-state index is 14.9. The molecule has 0 radical (unpaired) electrons. The zero-order valence-electron chi connectivity index (χ0n) is 20.7. The highest BCUT2D eigenvalue weighted by Gasteiger charge is 2.34. The van der Waals surface area contributed by atoms with Crippen LogP contribution >= 0.6 is 0 Å². The van der Waals surface area contributed by atoms with Crippen molar-refractivity contribution in [3.05, 3.63) is 30.0 Å². The standard InChI is InChI=1S/C24H29F2N7O3/c1-24(2,3)36-23(34)32-8-7-14(25)16(12-32)29-22-28-10-15(26)21(30-22)17-11-27-19-9-18(35-4)20(13-5-6-13)31-33(17)19/h9-11,13-14,16H,5-8,12H2,1-4H3,(H,28,29,30)/t14-,16-/m0/s1. The van der Waals surface area contributed by atoms with Gasteiger partial charge in [-0.15, -0.1) is 0 Å². The van der Waals surface area contributed by atoms with E-state index in [1.807, 2.05) is 0 Å². The second kappa shape index (κ2) is 9.14. The van der Waals surface area contributed by atoms with Gasteiger partial charge in [-0.05, 0) is 40.0 Å². The number of halogens is 2. The van der Waals surface area contributed by atoms with Crippen LogP contribution in [0.15, 0.2) is 18.5 Å². The lowest BCUT2D eigenvalue weighted by atomic mass is 10.0. The number of aromatic nitrogens is 5. The fourth-order valence-corrected chi connectivity index (χ4v) is 4.21. The molecule has 2 aliphatic rings. The highest BCUT2D eigenvalue weighted by Crippen LogP contribution is 2.43. The summed E-state index contributed by atoms with van der Waals surface area (Å²) in [5.74, 6) is 0.320. The number of alkyl halides is 1. The Kier molecular flexibility index (Phi) is 6.13. The maximum Gasteiger partial charge on any atom is 0.410 e. The third kappa shape index (κ3) is 4.89. The number of methoxy groups -OCH3 is 1. The van der Waals surface area contributed by atoms with E-state index in [-0.39, 0.29) is 31.2 Å². The van der Waals surface area contributed by atoms with Gasteiger partial charge in [0.2, 0.25) is 5.95 Å². The normalized spacial score (nSPS) is 20.4. The number of imidazole rings is 1. The summed E-state index contributed by atoms with van der Waals surface area (Å²) in [6.45, 7) is 5.62. The SMILES string of the molecule is COc1cc2ncc(-c3nc(N[C@H]4CN(C(=O)OC(C)(C)C)CC[C@@H]4F)ncc3F)n2nc1C1CC1. The molecule has 192 valence electrons. The van der Waals surface area contributed by atoms with Gasteiger partial charge >= 0.3 is 6.09 Å². The fraction of sp³-hybridized carbons (Fsp3) is 0.542. The van der Waals surface area contributed by atoms with E-state index in [0.717, 1.165) is 24.7 Å². The molecule has 1 saturated heterocycles. The largest absolute Gasteiger partial charge is 0.495 e. The zero-order valence-corrected chi connectivity index (χ0v) is 20.7. The van der Waals surface area contributed by atoms with Crippen LogP contribution in [-0.2, 0) is 4.74 Å². The lowest BCUT2D eigenvalue weighted by Gasteiger charge is -2.36. The quantitative estimate of drug-likeness (QED) is 0.560. The average molecular weight is 502 g/mol. The third-order valence-electron chi connectivity index (χ3n) is 6.15. The predicted molar refractivity (Wildman–Crippen MR) is 127 cm³/mol. The number of ether oxygens (including phenoxy) is 2. The molecule has 4 heterocycles. The summed E-state index contributed by atoms with van der Waals surface area (Å²) in [4.78, 5) is 26.6. The van der Waals surface area contributed by atoms with Crippen LogP contribution in [0.2, 0.25) is 0 Å². The first-order valence-electron chi connectivity index (χ1n) is 12.0. The number of hydrogen-bond donors (Lipinski definition) is 1. The minimum atomic E-state index is -1.24. The van der Waals surface area contributed by atoms with Gasteiger partial charge in [0.15, 0.2) is 11.5 Å². The summed E-state index contributed by atoms with van der Waals surface area (Å²) in [6.07, 6.45) is 2.91. The van der Waals surface area contributed by atoms with Crippen LogP contribution in [0.1, 0.15) is 51.6 Å². The Morgan fingerprint density at radius 2 is 1.97 bits per heavy atom. The molecule has 1 aliphatic carbocycles. The molecule has 2 fully saturated rings. The van der Waals surface area contributed by atoms with Crippen molar-refractivity contribution in [2.45, 2.75) is 63.8 Å². The Balaban J connectivity index is 1.41. The van der Waals surface area contributed by atoms with Crippen molar-refractivity contribution in [2.24, 2.45) is 0 Å². The van der Waals surface area contributed by atoms with E-state index in [9.17, 15) is 13.6 Å². The van der Waals surface area contributed by atoms with Gasteiger partial charge in [0.05, 0.1) is 25.5 Å². The summed E-state index contributed by atoms with van der Waals surface area (Å²) in [7, 11) is 1.58. The van der Waals surface area contributed by atoms with Crippen molar-refractivity contribution in [1.29, 1.82) is 0 Å². The summed E-state index contributed by atoms with van der Waals surface area (Å²) in [5, 5.41) is 7.60. The Hall–Kier alpha value is -3.57. The van der Waals surface area contributed by atoms with Gasteiger partial charge in [0, 0.05) is 25.1 Å². The van der Waals surface area contributed by atoms with Gasteiger partial charge in [0.1, 0.15) is 34.6 Å². The summed E-state index contributed by atoms with van der Waals surface area (Å²) < 4.78 is 42.0. The molecule has 0 bridgehead atoms. The van der Waals surface area contributed by atoms with Crippen molar-refractivity contribution in [2.75, 3.05) is 25.5 Å². The molecule has 3 aromatic rings. The molecule has 12 heteroatoms. The van der Waals surface area contributed by atoms with E-state index in [2.05, 4.69) is 25.4 Å². The first kappa shape index (κ1) is 24.1. The van der Waals surface area contributed by atoms with E-state index in [1.54, 1.807) is 33.9 Å². The Bertz CT molecular complexity index is 1290. The van der Waals surface area contributed by atoms with Crippen LogP contribution in [0.4, 0.5) is 19.5 Å². The number of likely N-dealkylation sites (tertiary alicyclic amines) is 1. The van der Waals surface area contributed by atoms with Crippen molar-refractivity contribution >= 4 is 17.7 Å². The fourth-order valence-electron chi connectivity index (χ4n) is 4.21. The van der Waals surface area contributed by atoms with E-state index in [1.165, 1.54) is 15.6 Å². The molecule has 10 nitrogen and oxygen atoms in total. The van der Waals surface area contributed by atoms with Crippen molar-refractivity contribution in [1.82, 2.24) is 29.5 Å². The van der Waals surface area contributed by atoms with Crippen molar-refractivity contribution < 1.29 is 23.0 Å². The van der Waals surface area contributed by atoms with E-state index in [4.69, 9.17) is 9.47 Å².